The van der Waals surface area contributed by atoms with Crippen LogP contribution in [0.3, 0.4) is 0 Å². The van der Waals surface area contributed by atoms with Gasteiger partial charge in [-0.05, 0) is 30.0 Å². The summed E-state index contributed by atoms with van der Waals surface area (Å²) >= 11 is 0. The summed E-state index contributed by atoms with van der Waals surface area (Å²) in [6.07, 6.45) is 5.52. The molecule has 1 unspecified atom stereocenters. The topological polar surface area (TPSA) is 56.8 Å². The molecule has 0 saturated carbocycles. The lowest BCUT2D eigenvalue weighted by molar-refractivity contribution is -0.118. The first-order valence-electron chi connectivity index (χ1n) is 9.48. The highest BCUT2D eigenvalue weighted by Gasteiger charge is 2.23. The number of hydrogen-bond acceptors (Lipinski definition) is 4. The Kier molecular flexibility index (Phi) is 7.82. The summed E-state index contributed by atoms with van der Waals surface area (Å²) in [7, 11) is 1.63. The minimum atomic E-state index is -0.127. The average molecular weight is 361 g/mol. The van der Waals surface area contributed by atoms with Crippen LogP contribution in [-0.4, -0.2) is 26.2 Å². The molecule has 1 aliphatic heterocycles. The van der Waals surface area contributed by atoms with Crippen LogP contribution in [0.15, 0.2) is 30.0 Å². The third-order valence-electron chi connectivity index (χ3n) is 4.21. The number of methoxy groups -OCH3 is 1. The molecular formula is C21H31NO4. The standard InChI is InChI=1S/C21H31NO4/c1-5-6-7-10-25-19-9-8-16(11-20(19)24-4)18-12-17(13-21(23)22-18)26-14-15(2)3/h8-9,11,13,15,18H,5-7,10,12,14H2,1-4H3,(H,22,23). The molecule has 5 nitrogen and oxygen atoms in total. The van der Waals surface area contributed by atoms with Crippen molar-refractivity contribution in [2.45, 2.75) is 52.5 Å². The molecule has 1 aromatic carbocycles. The molecule has 0 saturated heterocycles. The van der Waals surface area contributed by atoms with Crippen molar-refractivity contribution in [1.29, 1.82) is 0 Å². The van der Waals surface area contributed by atoms with E-state index in [4.69, 9.17) is 14.2 Å². The third-order valence-corrected chi connectivity index (χ3v) is 4.21. The molecule has 1 atom stereocenters. The maximum atomic E-state index is 12.0. The summed E-state index contributed by atoms with van der Waals surface area (Å²) in [6.45, 7) is 7.64. The molecule has 2 rings (SSSR count). The van der Waals surface area contributed by atoms with E-state index in [1.165, 1.54) is 0 Å². The van der Waals surface area contributed by atoms with Gasteiger partial charge in [0.2, 0.25) is 5.91 Å². The quantitative estimate of drug-likeness (QED) is 0.628. The smallest absolute Gasteiger partial charge is 0.247 e. The minimum Gasteiger partial charge on any atom is -0.497 e. The minimum absolute atomic E-state index is 0.126. The summed E-state index contributed by atoms with van der Waals surface area (Å²) in [5.41, 5.74) is 0.981. The Morgan fingerprint density at radius 2 is 2.00 bits per heavy atom. The number of carbonyl (C=O) groups is 1. The van der Waals surface area contributed by atoms with E-state index < -0.39 is 0 Å². The first-order valence-corrected chi connectivity index (χ1v) is 9.48. The molecule has 1 aromatic rings. The van der Waals surface area contributed by atoms with E-state index in [1.807, 2.05) is 18.2 Å². The van der Waals surface area contributed by atoms with Crippen molar-refractivity contribution in [3.8, 4) is 11.5 Å². The zero-order valence-electron chi connectivity index (χ0n) is 16.3. The fourth-order valence-corrected chi connectivity index (χ4v) is 2.80. The van der Waals surface area contributed by atoms with E-state index >= 15 is 0 Å². The molecule has 0 radical (unpaired) electrons. The highest BCUT2D eigenvalue weighted by Crippen LogP contribution is 2.33. The van der Waals surface area contributed by atoms with Crippen LogP contribution in [0.25, 0.3) is 0 Å². The number of ether oxygens (including phenoxy) is 3. The van der Waals surface area contributed by atoms with Gasteiger partial charge in [-0.1, -0.05) is 39.7 Å². The Balaban J connectivity index is 2.05. The van der Waals surface area contributed by atoms with Crippen molar-refractivity contribution in [3.63, 3.8) is 0 Å². The Labute approximate surface area is 156 Å². The normalized spacial score (nSPS) is 16.9. The molecule has 144 valence electrons. The molecule has 0 spiro atoms. The molecular weight excluding hydrogens is 330 g/mol. The fourth-order valence-electron chi connectivity index (χ4n) is 2.80. The molecule has 0 fully saturated rings. The van der Waals surface area contributed by atoms with Gasteiger partial charge in [0.25, 0.3) is 0 Å². The average Bonchev–Trinajstić information content (AvgIpc) is 2.63. The Morgan fingerprint density at radius 1 is 1.19 bits per heavy atom. The lowest BCUT2D eigenvalue weighted by atomic mass is 9.99. The van der Waals surface area contributed by atoms with E-state index in [0.29, 0.717) is 31.3 Å². The van der Waals surface area contributed by atoms with Gasteiger partial charge in [-0.25, -0.2) is 0 Å². The van der Waals surface area contributed by atoms with Crippen LogP contribution in [0, 0.1) is 5.92 Å². The lowest BCUT2D eigenvalue weighted by Gasteiger charge is -2.25. The highest BCUT2D eigenvalue weighted by molar-refractivity contribution is 5.89. The lowest BCUT2D eigenvalue weighted by Crippen LogP contribution is -2.32. The number of amides is 1. The van der Waals surface area contributed by atoms with E-state index in [0.717, 1.165) is 36.3 Å². The zero-order chi connectivity index (χ0) is 18.9. The van der Waals surface area contributed by atoms with Crippen LogP contribution in [0.1, 0.15) is 58.1 Å². The molecule has 0 bridgehead atoms. The Morgan fingerprint density at radius 3 is 2.69 bits per heavy atom. The first kappa shape index (κ1) is 20.1. The van der Waals surface area contributed by atoms with Gasteiger partial charge in [0.05, 0.1) is 26.4 Å². The van der Waals surface area contributed by atoms with Gasteiger partial charge in [0.1, 0.15) is 5.76 Å². The maximum Gasteiger partial charge on any atom is 0.247 e. The number of unbranched alkanes of at least 4 members (excludes halogenated alkanes) is 2. The van der Waals surface area contributed by atoms with Gasteiger partial charge in [-0.2, -0.15) is 0 Å². The van der Waals surface area contributed by atoms with Gasteiger partial charge < -0.3 is 19.5 Å². The summed E-state index contributed by atoms with van der Waals surface area (Å²) in [5, 5.41) is 2.99. The predicted molar refractivity (Wildman–Crippen MR) is 102 cm³/mol. The number of carbonyl (C=O) groups excluding carboxylic acids is 1. The van der Waals surface area contributed by atoms with Crippen molar-refractivity contribution >= 4 is 5.91 Å². The second-order valence-electron chi connectivity index (χ2n) is 7.05. The van der Waals surface area contributed by atoms with E-state index in [9.17, 15) is 4.79 Å². The Hall–Kier alpha value is -2.17. The van der Waals surface area contributed by atoms with Gasteiger partial charge >= 0.3 is 0 Å². The molecule has 1 heterocycles. The van der Waals surface area contributed by atoms with E-state index in [1.54, 1.807) is 13.2 Å². The second kappa shape index (κ2) is 10.1. The molecule has 1 N–H and O–H groups in total. The van der Waals surface area contributed by atoms with Gasteiger partial charge in [0, 0.05) is 12.5 Å². The van der Waals surface area contributed by atoms with Crippen LogP contribution in [-0.2, 0) is 9.53 Å². The van der Waals surface area contributed by atoms with Crippen LogP contribution < -0.4 is 14.8 Å². The molecule has 1 aliphatic rings. The summed E-state index contributed by atoms with van der Waals surface area (Å²) < 4.78 is 17.1. The molecule has 0 aliphatic carbocycles. The van der Waals surface area contributed by atoms with Gasteiger partial charge in [-0.15, -0.1) is 0 Å². The first-order chi connectivity index (χ1) is 12.5. The van der Waals surface area contributed by atoms with Gasteiger partial charge in [-0.3, -0.25) is 4.79 Å². The second-order valence-corrected chi connectivity index (χ2v) is 7.05. The SMILES string of the molecule is CCCCCOc1ccc(C2CC(OCC(C)C)=CC(=O)N2)cc1OC. The molecule has 1 amide bonds. The summed E-state index contributed by atoms with van der Waals surface area (Å²) in [4.78, 5) is 12.0. The van der Waals surface area contributed by atoms with E-state index in [-0.39, 0.29) is 11.9 Å². The van der Waals surface area contributed by atoms with Crippen molar-refractivity contribution in [2.75, 3.05) is 20.3 Å². The zero-order valence-corrected chi connectivity index (χ0v) is 16.3. The molecule has 26 heavy (non-hydrogen) atoms. The van der Waals surface area contributed by atoms with Crippen molar-refractivity contribution in [3.05, 3.63) is 35.6 Å². The van der Waals surface area contributed by atoms with Crippen LogP contribution in [0.2, 0.25) is 0 Å². The van der Waals surface area contributed by atoms with Crippen LogP contribution in [0.4, 0.5) is 0 Å². The Bertz CT molecular complexity index is 624. The number of nitrogens with one attached hydrogen (secondary N) is 1. The highest BCUT2D eigenvalue weighted by atomic mass is 16.5. The van der Waals surface area contributed by atoms with Crippen molar-refractivity contribution < 1.29 is 19.0 Å². The summed E-state index contributed by atoms with van der Waals surface area (Å²) in [5.74, 6) is 2.45. The van der Waals surface area contributed by atoms with Crippen molar-refractivity contribution in [1.82, 2.24) is 5.32 Å². The number of rotatable bonds is 10. The third kappa shape index (κ3) is 5.97. The maximum absolute atomic E-state index is 12.0. The van der Waals surface area contributed by atoms with Crippen LogP contribution in [0.5, 0.6) is 11.5 Å². The number of benzene rings is 1. The van der Waals surface area contributed by atoms with Crippen molar-refractivity contribution in [2.24, 2.45) is 5.92 Å². The predicted octanol–water partition coefficient (Wildman–Crippen LogP) is 4.38. The number of hydrogen-bond donors (Lipinski definition) is 1. The summed E-state index contributed by atoms with van der Waals surface area (Å²) in [6, 6.07) is 5.70. The molecule has 5 heteroatoms. The largest absolute Gasteiger partial charge is 0.497 e. The van der Waals surface area contributed by atoms with Gasteiger partial charge in [0.15, 0.2) is 11.5 Å². The fraction of sp³-hybridized carbons (Fsp3) is 0.571. The van der Waals surface area contributed by atoms with E-state index in [2.05, 4.69) is 26.1 Å². The van der Waals surface area contributed by atoms with Crippen LogP contribution >= 0.6 is 0 Å². The monoisotopic (exact) mass is 361 g/mol. The molecule has 0 aromatic heterocycles.